The Bertz CT molecular complexity index is 963. The number of halogens is 1. The first-order chi connectivity index (χ1) is 14.2. The van der Waals surface area contributed by atoms with Gasteiger partial charge in [0.1, 0.15) is 0 Å². The van der Waals surface area contributed by atoms with Crippen LogP contribution in [0, 0.1) is 0 Å². The van der Waals surface area contributed by atoms with E-state index in [0.717, 1.165) is 40.0 Å². The highest BCUT2D eigenvalue weighted by Gasteiger charge is 2.23. The molecule has 1 saturated heterocycles. The Kier molecular flexibility index (Phi) is 6.45. The fourth-order valence-corrected chi connectivity index (χ4v) is 4.05. The van der Waals surface area contributed by atoms with Gasteiger partial charge in [0.05, 0.1) is 25.7 Å². The molecule has 1 amide bonds. The van der Waals surface area contributed by atoms with Crippen molar-refractivity contribution in [3.05, 3.63) is 82.9 Å². The van der Waals surface area contributed by atoms with E-state index in [0.29, 0.717) is 26.2 Å². The van der Waals surface area contributed by atoms with Gasteiger partial charge in [-0.25, -0.2) is 0 Å². The minimum atomic E-state index is 0.0357. The molecule has 1 aliphatic rings. The molecule has 0 spiro atoms. The van der Waals surface area contributed by atoms with Crippen molar-refractivity contribution in [2.45, 2.75) is 12.5 Å². The fraction of sp³-hybridized carbons (Fsp3) is 0.292. The molecule has 1 aliphatic heterocycles. The Labute approximate surface area is 176 Å². The van der Waals surface area contributed by atoms with Crippen molar-refractivity contribution in [3.8, 4) is 0 Å². The zero-order valence-corrected chi connectivity index (χ0v) is 17.1. The minimum absolute atomic E-state index is 0.0357. The van der Waals surface area contributed by atoms with E-state index >= 15 is 0 Å². The van der Waals surface area contributed by atoms with E-state index in [1.807, 2.05) is 48.5 Å². The molecule has 4 nitrogen and oxygen atoms in total. The predicted molar refractivity (Wildman–Crippen MR) is 117 cm³/mol. The standard InChI is InChI=1S/C24H25ClN2O2/c25-21-10-8-19(9-11-21)23(27-12-14-29-15-13-27)17-26-24(28)16-20-6-3-5-18-4-1-2-7-22(18)20/h1-11,23H,12-17H2,(H,26,28)/t23-/m0/s1. The minimum Gasteiger partial charge on any atom is -0.379 e. The average Bonchev–Trinajstić information content (AvgIpc) is 2.76. The second kappa shape index (κ2) is 9.40. The molecule has 1 N–H and O–H groups in total. The Hall–Kier alpha value is -2.40. The van der Waals surface area contributed by atoms with Gasteiger partial charge in [-0.2, -0.15) is 0 Å². The van der Waals surface area contributed by atoms with Gasteiger partial charge in [-0.15, -0.1) is 0 Å². The Morgan fingerprint density at radius 2 is 1.72 bits per heavy atom. The maximum absolute atomic E-state index is 12.8. The molecule has 1 atom stereocenters. The molecule has 1 fully saturated rings. The second-order valence-corrected chi connectivity index (χ2v) is 7.77. The topological polar surface area (TPSA) is 41.6 Å². The number of ether oxygens (including phenoxy) is 1. The van der Waals surface area contributed by atoms with E-state index in [9.17, 15) is 4.79 Å². The molecular formula is C24H25ClN2O2. The maximum atomic E-state index is 12.8. The molecule has 0 radical (unpaired) electrons. The van der Waals surface area contributed by atoms with Crippen molar-refractivity contribution in [2.75, 3.05) is 32.8 Å². The van der Waals surface area contributed by atoms with Crippen LogP contribution in [0.3, 0.4) is 0 Å². The lowest BCUT2D eigenvalue weighted by Crippen LogP contribution is -2.44. The normalized spacial score (nSPS) is 15.9. The lowest BCUT2D eigenvalue weighted by Gasteiger charge is -2.35. The molecule has 1 heterocycles. The van der Waals surface area contributed by atoms with E-state index in [-0.39, 0.29) is 11.9 Å². The van der Waals surface area contributed by atoms with Crippen LogP contribution in [-0.4, -0.2) is 43.7 Å². The van der Waals surface area contributed by atoms with Gasteiger partial charge in [0.2, 0.25) is 5.91 Å². The van der Waals surface area contributed by atoms with E-state index in [4.69, 9.17) is 16.3 Å². The fourth-order valence-electron chi connectivity index (χ4n) is 3.92. The number of rotatable bonds is 6. The van der Waals surface area contributed by atoms with Crippen LogP contribution in [0.5, 0.6) is 0 Å². The van der Waals surface area contributed by atoms with Crippen LogP contribution in [0.2, 0.25) is 5.02 Å². The number of carbonyl (C=O) groups excluding carboxylic acids is 1. The van der Waals surface area contributed by atoms with Crippen molar-refractivity contribution < 1.29 is 9.53 Å². The Balaban J connectivity index is 1.46. The van der Waals surface area contributed by atoms with E-state index < -0.39 is 0 Å². The summed E-state index contributed by atoms with van der Waals surface area (Å²) in [5, 5.41) is 6.16. The Morgan fingerprint density at radius 3 is 2.52 bits per heavy atom. The van der Waals surface area contributed by atoms with Gasteiger partial charge in [0.25, 0.3) is 0 Å². The largest absolute Gasteiger partial charge is 0.379 e. The quantitative estimate of drug-likeness (QED) is 0.663. The summed E-state index contributed by atoms with van der Waals surface area (Å²) in [6.45, 7) is 3.70. The number of amides is 1. The van der Waals surface area contributed by atoms with Crippen LogP contribution < -0.4 is 5.32 Å². The Morgan fingerprint density at radius 1 is 1.00 bits per heavy atom. The monoisotopic (exact) mass is 408 g/mol. The number of nitrogens with zero attached hydrogens (tertiary/aromatic N) is 1. The highest BCUT2D eigenvalue weighted by Crippen LogP contribution is 2.23. The SMILES string of the molecule is O=C(Cc1cccc2ccccc12)NC[C@@H](c1ccc(Cl)cc1)N1CCOCC1. The van der Waals surface area contributed by atoms with Crippen LogP contribution in [0.1, 0.15) is 17.2 Å². The lowest BCUT2D eigenvalue weighted by molar-refractivity contribution is -0.120. The van der Waals surface area contributed by atoms with Crippen molar-refractivity contribution in [1.82, 2.24) is 10.2 Å². The molecular weight excluding hydrogens is 384 g/mol. The number of fused-ring (bicyclic) bond motifs is 1. The third-order valence-corrected chi connectivity index (χ3v) is 5.72. The van der Waals surface area contributed by atoms with Gasteiger partial charge < -0.3 is 10.1 Å². The summed E-state index contributed by atoms with van der Waals surface area (Å²) >= 11 is 6.06. The summed E-state index contributed by atoms with van der Waals surface area (Å²) in [5.74, 6) is 0.0357. The first-order valence-corrected chi connectivity index (χ1v) is 10.4. The van der Waals surface area contributed by atoms with Crippen molar-refractivity contribution in [1.29, 1.82) is 0 Å². The summed E-state index contributed by atoms with van der Waals surface area (Å²) in [6, 6.07) is 22.3. The van der Waals surface area contributed by atoms with Gasteiger partial charge in [0, 0.05) is 24.7 Å². The second-order valence-electron chi connectivity index (χ2n) is 7.33. The highest BCUT2D eigenvalue weighted by atomic mass is 35.5. The smallest absolute Gasteiger partial charge is 0.224 e. The molecule has 0 bridgehead atoms. The molecule has 29 heavy (non-hydrogen) atoms. The molecule has 0 aromatic heterocycles. The van der Waals surface area contributed by atoms with Gasteiger partial charge in [0.15, 0.2) is 0 Å². The lowest BCUT2D eigenvalue weighted by atomic mass is 10.0. The highest BCUT2D eigenvalue weighted by molar-refractivity contribution is 6.30. The summed E-state index contributed by atoms with van der Waals surface area (Å²) in [4.78, 5) is 15.1. The molecule has 5 heteroatoms. The molecule has 0 aliphatic carbocycles. The number of carbonyl (C=O) groups is 1. The van der Waals surface area contributed by atoms with Crippen molar-refractivity contribution in [3.63, 3.8) is 0 Å². The van der Waals surface area contributed by atoms with E-state index in [2.05, 4.69) is 28.4 Å². The average molecular weight is 409 g/mol. The van der Waals surface area contributed by atoms with Gasteiger partial charge in [-0.3, -0.25) is 9.69 Å². The van der Waals surface area contributed by atoms with E-state index in [1.54, 1.807) is 0 Å². The molecule has 0 saturated carbocycles. The zero-order valence-electron chi connectivity index (χ0n) is 16.3. The summed E-state index contributed by atoms with van der Waals surface area (Å²) in [5.41, 5.74) is 2.21. The predicted octanol–water partition coefficient (Wildman–Crippen LogP) is 4.23. The zero-order chi connectivity index (χ0) is 20.1. The van der Waals surface area contributed by atoms with Crippen LogP contribution in [0.25, 0.3) is 10.8 Å². The molecule has 3 aromatic rings. The summed E-state index contributed by atoms with van der Waals surface area (Å²) < 4.78 is 5.50. The van der Waals surface area contributed by atoms with Gasteiger partial charge >= 0.3 is 0 Å². The number of hydrogen-bond acceptors (Lipinski definition) is 3. The number of morpholine rings is 1. The number of hydrogen-bond donors (Lipinski definition) is 1. The van der Waals surface area contributed by atoms with Crippen molar-refractivity contribution >= 4 is 28.3 Å². The van der Waals surface area contributed by atoms with E-state index in [1.165, 1.54) is 0 Å². The van der Waals surface area contributed by atoms with Crippen molar-refractivity contribution in [2.24, 2.45) is 0 Å². The van der Waals surface area contributed by atoms with Gasteiger partial charge in [-0.05, 0) is 34.0 Å². The third kappa shape index (κ3) is 4.96. The van der Waals surface area contributed by atoms with Crippen LogP contribution in [-0.2, 0) is 16.0 Å². The number of benzene rings is 3. The first kappa shape index (κ1) is 19.9. The maximum Gasteiger partial charge on any atom is 0.224 e. The van der Waals surface area contributed by atoms with Gasteiger partial charge in [-0.1, -0.05) is 66.2 Å². The summed E-state index contributed by atoms with van der Waals surface area (Å²) in [7, 11) is 0. The molecule has 3 aromatic carbocycles. The molecule has 4 rings (SSSR count). The third-order valence-electron chi connectivity index (χ3n) is 5.46. The van der Waals surface area contributed by atoms with Crippen LogP contribution in [0.15, 0.2) is 66.7 Å². The summed E-state index contributed by atoms with van der Waals surface area (Å²) in [6.07, 6.45) is 0.373. The molecule has 0 unspecified atom stereocenters. The van der Waals surface area contributed by atoms with Crippen LogP contribution in [0.4, 0.5) is 0 Å². The molecule has 150 valence electrons. The first-order valence-electron chi connectivity index (χ1n) is 10.0. The number of nitrogens with one attached hydrogen (secondary N) is 1. The van der Waals surface area contributed by atoms with Crippen LogP contribution >= 0.6 is 11.6 Å².